The summed E-state index contributed by atoms with van der Waals surface area (Å²) in [4.78, 5) is 19.3. The van der Waals surface area contributed by atoms with E-state index in [4.69, 9.17) is 4.74 Å². The lowest BCUT2D eigenvalue weighted by atomic mass is 10.0. The number of pyridine rings is 1. The van der Waals surface area contributed by atoms with Crippen molar-refractivity contribution in [2.45, 2.75) is 38.8 Å². The van der Waals surface area contributed by atoms with E-state index in [0.29, 0.717) is 12.3 Å². The molecule has 0 N–H and O–H groups in total. The highest BCUT2D eigenvalue weighted by Crippen LogP contribution is 2.26. The summed E-state index contributed by atoms with van der Waals surface area (Å²) in [5.41, 5.74) is 1.27. The second-order valence-corrected chi connectivity index (χ2v) is 7.12. The Labute approximate surface area is 159 Å². The first-order valence-electron chi connectivity index (χ1n) is 9.60. The van der Waals surface area contributed by atoms with Crippen LogP contribution in [0.5, 0.6) is 5.75 Å². The summed E-state index contributed by atoms with van der Waals surface area (Å²) < 4.78 is 6.02. The molecule has 2 aromatic carbocycles. The maximum atomic E-state index is 12.8. The average Bonchev–Trinajstić information content (AvgIpc) is 2.72. The van der Waals surface area contributed by atoms with Crippen LogP contribution in [0.4, 0.5) is 0 Å². The van der Waals surface area contributed by atoms with E-state index in [1.54, 1.807) is 6.07 Å². The van der Waals surface area contributed by atoms with E-state index in [1.165, 1.54) is 6.42 Å². The maximum Gasteiger partial charge on any atom is 0.272 e. The zero-order valence-electron chi connectivity index (χ0n) is 15.6. The van der Waals surface area contributed by atoms with Gasteiger partial charge in [0, 0.05) is 18.0 Å². The van der Waals surface area contributed by atoms with Crippen molar-refractivity contribution in [2.75, 3.05) is 6.54 Å². The minimum atomic E-state index is 0.0224. The number of carbonyl (C=O) groups is 1. The summed E-state index contributed by atoms with van der Waals surface area (Å²) in [7, 11) is 0. The molecule has 0 aliphatic carbocycles. The first-order valence-corrected chi connectivity index (χ1v) is 9.60. The van der Waals surface area contributed by atoms with E-state index < -0.39 is 0 Å². The fraction of sp³-hybridized carbons (Fsp3) is 0.304. The van der Waals surface area contributed by atoms with Crippen LogP contribution in [0.2, 0.25) is 0 Å². The number of rotatable bonds is 4. The van der Waals surface area contributed by atoms with Crippen molar-refractivity contribution in [3.8, 4) is 5.75 Å². The van der Waals surface area contributed by atoms with E-state index in [0.717, 1.165) is 41.6 Å². The van der Waals surface area contributed by atoms with Crippen LogP contribution < -0.4 is 4.74 Å². The Morgan fingerprint density at radius 3 is 2.78 bits per heavy atom. The highest BCUT2D eigenvalue weighted by Gasteiger charge is 2.25. The number of nitrogens with zero attached hydrogens (tertiary/aromatic N) is 2. The number of aromatic nitrogens is 1. The summed E-state index contributed by atoms with van der Waals surface area (Å²) in [6, 6.07) is 20.0. The largest absolute Gasteiger partial charge is 0.487 e. The zero-order valence-corrected chi connectivity index (χ0v) is 15.6. The molecule has 3 aromatic rings. The molecule has 1 aromatic heterocycles. The molecule has 4 nitrogen and oxygen atoms in total. The van der Waals surface area contributed by atoms with Crippen LogP contribution >= 0.6 is 0 Å². The van der Waals surface area contributed by atoms with Gasteiger partial charge >= 0.3 is 0 Å². The van der Waals surface area contributed by atoms with Crippen molar-refractivity contribution in [3.05, 3.63) is 72.1 Å². The molecule has 1 atom stereocenters. The predicted molar refractivity (Wildman–Crippen MR) is 107 cm³/mol. The highest BCUT2D eigenvalue weighted by atomic mass is 16.5. The number of hydrogen-bond donors (Lipinski definition) is 0. The second-order valence-electron chi connectivity index (χ2n) is 7.12. The Hall–Kier alpha value is -2.88. The standard InChI is InChI=1S/C23H24N2O2/c1-17-8-4-5-15-25(17)23(26)21-13-7-11-19(24-21)16-27-22-14-6-10-18-9-2-3-12-20(18)22/h2-3,6-7,9-14,17H,4-5,8,15-16H2,1H3. The topological polar surface area (TPSA) is 42.4 Å². The van der Waals surface area contributed by atoms with Crippen molar-refractivity contribution in [1.29, 1.82) is 0 Å². The smallest absolute Gasteiger partial charge is 0.272 e. The van der Waals surface area contributed by atoms with Gasteiger partial charge < -0.3 is 9.64 Å². The van der Waals surface area contributed by atoms with E-state index in [1.807, 2.05) is 41.3 Å². The molecular formula is C23H24N2O2. The number of hydrogen-bond acceptors (Lipinski definition) is 3. The first-order chi connectivity index (χ1) is 13.2. The Morgan fingerprint density at radius 1 is 1.07 bits per heavy atom. The number of likely N-dealkylation sites (tertiary alicyclic amines) is 1. The van der Waals surface area contributed by atoms with Gasteiger partial charge in [-0.1, -0.05) is 42.5 Å². The monoisotopic (exact) mass is 360 g/mol. The third kappa shape index (κ3) is 3.80. The highest BCUT2D eigenvalue weighted by molar-refractivity contribution is 5.92. The van der Waals surface area contributed by atoms with E-state index in [2.05, 4.69) is 30.1 Å². The predicted octanol–water partition coefficient (Wildman–Crippen LogP) is 4.83. The molecule has 4 heteroatoms. The molecule has 0 bridgehead atoms. The van der Waals surface area contributed by atoms with Gasteiger partial charge in [0.2, 0.25) is 0 Å². The van der Waals surface area contributed by atoms with Gasteiger partial charge in [0.05, 0.1) is 5.69 Å². The quantitative estimate of drug-likeness (QED) is 0.669. The number of benzene rings is 2. The molecule has 1 aliphatic heterocycles. The molecule has 4 rings (SSSR count). The molecule has 1 aliphatic rings. The molecule has 2 heterocycles. The van der Waals surface area contributed by atoms with Gasteiger partial charge in [0.25, 0.3) is 5.91 Å². The van der Waals surface area contributed by atoms with Crippen LogP contribution in [0.1, 0.15) is 42.4 Å². The maximum absolute atomic E-state index is 12.8. The van der Waals surface area contributed by atoms with Crippen molar-refractivity contribution < 1.29 is 9.53 Å². The van der Waals surface area contributed by atoms with Gasteiger partial charge in [0.1, 0.15) is 18.1 Å². The lowest BCUT2D eigenvalue weighted by molar-refractivity contribution is 0.0629. The normalized spacial score (nSPS) is 17.1. The Morgan fingerprint density at radius 2 is 1.89 bits per heavy atom. The lowest BCUT2D eigenvalue weighted by Crippen LogP contribution is -2.42. The molecule has 1 unspecified atom stereocenters. The first kappa shape index (κ1) is 17.5. The summed E-state index contributed by atoms with van der Waals surface area (Å²) in [5.74, 6) is 0.852. The van der Waals surface area contributed by atoms with Crippen LogP contribution in [0.15, 0.2) is 60.7 Å². The minimum absolute atomic E-state index is 0.0224. The third-order valence-corrected chi connectivity index (χ3v) is 5.21. The number of amides is 1. The molecule has 1 saturated heterocycles. The summed E-state index contributed by atoms with van der Waals surface area (Å²) >= 11 is 0. The Bertz CT molecular complexity index is 949. The molecular weight excluding hydrogens is 336 g/mol. The fourth-order valence-corrected chi connectivity index (χ4v) is 3.70. The lowest BCUT2D eigenvalue weighted by Gasteiger charge is -2.33. The second kappa shape index (κ2) is 7.78. The Kier molecular flexibility index (Phi) is 5.05. The number of fused-ring (bicyclic) bond motifs is 1. The van der Waals surface area contributed by atoms with E-state index in [-0.39, 0.29) is 11.9 Å². The van der Waals surface area contributed by atoms with Crippen LogP contribution in [0, 0.1) is 0 Å². The average molecular weight is 360 g/mol. The van der Waals surface area contributed by atoms with Crippen LogP contribution in [-0.4, -0.2) is 28.4 Å². The zero-order chi connectivity index (χ0) is 18.6. The number of ether oxygens (including phenoxy) is 1. The molecule has 0 spiro atoms. The van der Waals surface area contributed by atoms with Crippen molar-refractivity contribution in [2.24, 2.45) is 0 Å². The van der Waals surface area contributed by atoms with Gasteiger partial charge in [-0.05, 0) is 49.8 Å². The fourth-order valence-electron chi connectivity index (χ4n) is 3.70. The van der Waals surface area contributed by atoms with Crippen LogP contribution in [0.3, 0.4) is 0 Å². The number of piperidine rings is 1. The molecule has 138 valence electrons. The summed E-state index contributed by atoms with van der Waals surface area (Å²) in [5, 5.41) is 2.22. The van der Waals surface area contributed by atoms with Gasteiger partial charge in [-0.25, -0.2) is 4.98 Å². The third-order valence-electron chi connectivity index (χ3n) is 5.21. The SMILES string of the molecule is CC1CCCCN1C(=O)c1cccc(COc2cccc3ccccc23)n1. The van der Waals surface area contributed by atoms with Gasteiger partial charge in [-0.3, -0.25) is 4.79 Å². The molecule has 1 fully saturated rings. The van der Waals surface area contributed by atoms with Crippen LogP contribution in [0.25, 0.3) is 10.8 Å². The summed E-state index contributed by atoms with van der Waals surface area (Å²) in [6.45, 7) is 3.27. The molecule has 1 amide bonds. The minimum Gasteiger partial charge on any atom is -0.487 e. The van der Waals surface area contributed by atoms with Gasteiger partial charge in [-0.15, -0.1) is 0 Å². The van der Waals surface area contributed by atoms with Gasteiger partial charge in [0.15, 0.2) is 0 Å². The summed E-state index contributed by atoms with van der Waals surface area (Å²) in [6.07, 6.45) is 3.33. The van der Waals surface area contributed by atoms with Crippen LogP contribution in [-0.2, 0) is 6.61 Å². The van der Waals surface area contributed by atoms with Crippen molar-refractivity contribution in [1.82, 2.24) is 9.88 Å². The van der Waals surface area contributed by atoms with E-state index >= 15 is 0 Å². The Balaban J connectivity index is 1.50. The molecule has 0 radical (unpaired) electrons. The van der Waals surface area contributed by atoms with Crippen molar-refractivity contribution in [3.63, 3.8) is 0 Å². The molecule has 27 heavy (non-hydrogen) atoms. The number of carbonyl (C=O) groups excluding carboxylic acids is 1. The molecule has 0 saturated carbocycles. The van der Waals surface area contributed by atoms with Crippen molar-refractivity contribution >= 4 is 16.7 Å². The van der Waals surface area contributed by atoms with E-state index in [9.17, 15) is 4.79 Å². The van der Waals surface area contributed by atoms with Gasteiger partial charge in [-0.2, -0.15) is 0 Å².